The number of hydrogen-bond acceptors (Lipinski definition) is 25. The van der Waals surface area contributed by atoms with Crippen LogP contribution in [0.5, 0.6) is 0 Å². The largest absolute Gasteiger partial charge is 0.444 e. The fourth-order valence-corrected chi connectivity index (χ4v) is 18.3. The number of anilines is 7. The summed E-state index contributed by atoms with van der Waals surface area (Å²) in [4.78, 5) is 90.2. The molecule has 11 aromatic heterocycles. The van der Waals surface area contributed by atoms with Gasteiger partial charge < -0.3 is 73.5 Å². The van der Waals surface area contributed by atoms with Gasteiger partial charge in [-0.15, -0.1) is 34.0 Å². The third-order valence-electron chi connectivity index (χ3n) is 21.4. The van der Waals surface area contributed by atoms with Gasteiger partial charge in [0.25, 0.3) is 0 Å². The van der Waals surface area contributed by atoms with Crippen LogP contribution in [0.3, 0.4) is 0 Å². The number of carbonyl (C=O) groups is 3. The number of fused-ring (bicyclic) bond motifs is 4. The normalized spacial score (nSPS) is 14.8. The number of nitrogens with one attached hydrogen (secondary N) is 4. The molecule has 0 atom stereocenters. The Morgan fingerprint density at radius 2 is 0.703 bits per heavy atom. The molecule has 0 bridgehead atoms. The molecule has 15 aromatic rings. The lowest BCUT2D eigenvalue weighted by molar-refractivity contribution is 0.0194. The smallest absolute Gasteiger partial charge is 0.410 e. The molecule has 3 amide bonds. The van der Waals surface area contributed by atoms with E-state index in [-0.39, 0.29) is 18.3 Å². The Kier molecular flexibility index (Phi) is 31.0. The van der Waals surface area contributed by atoms with Crippen molar-refractivity contribution in [2.75, 3.05) is 74.0 Å². The molecular formula is C93H106Br3N23O6S3. The van der Waals surface area contributed by atoms with Crippen LogP contribution in [0.25, 0.3) is 44.0 Å². The van der Waals surface area contributed by atoms with Crippen molar-refractivity contribution in [3.8, 4) is 21.4 Å². The Labute approximate surface area is 781 Å². The second-order valence-corrected chi connectivity index (χ2v) is 39.5. The highest BCUT2D eigenvalue weighted by Gasteiger charge is 2.32. The first-order valence-electron chi connectivity index (χ1n) is 42.6. The van der Waals surface area contributed by atoms with Gasteiger partial charge in [-0.2, -0.15) is 0 Å². The number of hydrogen-bond donors (Lipinski definition) is 5. The third-order valence-corrected chi connectivity index (χ3v) is 25.0. The van der Waals surface area contributed by atoms with E-state index in [0.717, 1.165) is 169 Å². The number of amides is 3. The maximum Gasteiger partial charge on any atom is 0.410 e. The molecule has 6 N–H and O–H groups in total. The topological polar surface area (TPSA) is 322 Å². The lowest BCUT2D eigenvalue weighted by atomic mass is 9.89. The number of aryl methyl sites for hydroxylation is 1. The molecule has 35 heteroatoms. The number of aromatic nitrogens is 15. The number of nitrogen functional groups attached to an aromatic ring is 1. The maximum atomic E-state index is 12.3. The van der Waals surface area contributed by atoms with Crippen LogP contribution in [-0.2, 0) is 14.2 Å². The van der Waals surface area contributed by atoms with Crippen LogP contribution in [0, 0.1) is 6.92 Å². The number of carbonyl (C=O) groups excluding carboxylic acids is 3. The number of piperidine rings is 4. The van der Waals surface area contributed by atoms with Gasteiger partial charge in [0, 0.05) is 171 Å². The second-order valence-electron chi connectivity index (χ2n) is 34.2. The quantitative estimate of drug-likeness (QED) is 0.0560. The number of likely N-dealkylation sites (tertiary alicyclic amines) is 3. The molecule has 4 saturated heterocycles. The molecule has 4 aliphatic rings. The highest BCUT2D eigenvalue weighted by molar-refractivity contribution is 9.11. The van der Waals surface area contributed by atoms with E-state index in [0.29, 0.717) is 48.4 Å². The van der Waals surface area contributed by atoms with E-state index in [1.807, 2.05) is 174 Å². The van der Waals surface area contributed by atoms with Gasteiger partial charge in [0.05, 0.1) is 5.01 Å². The number of benzene rings is 4. The first-order chi connectivity index (χ1) is 61.5. The lowest BCUT2D eigenvalue weighted by Crippen LogP contribution is -2.41. The second kappa shape index (κ2) is 42.7. The van der Waals surface area contributed by atoms with Crippen LogP contribution in [0.15, 0.2) is 220 Å². The molecule has 4 aromatic carbocycles. The summed E-state index contributed by atoms with van der Waals surface area (Å²) >= 11 is 14.8. The van der Waals surface area contributed by atoms with Crippen molar-refractivity contribution < 1.29 is 28.6 Å². The first-order valence-corrected chi connectivity index (χ1v) is 47.6. The molecule has 0 aliphatic carbocycles. The van der Waals surface area contributed by atoms with E-state index in [1.165, 1.54) is 35.1 Å². The number of ether oxygens (including phenoxy) is 3. The third kappa shape index (κ3) is 26.0. The standard InChI is InChI=1S/C25H28N6O2S.C22H26BrN5O2.C20H20N6S.C16H24N2O2.C6H3Br2N3.C4H5NS/c1-25(2,3)33-24(32)30-12-8-18(9-13-30)17-4-6-19(7-5-17)28-21-22-26-10-14-31(22)16-20(29-21)23-27-11-15-34-23;1-22(2,3)30-21(29)27-11-8-16(9-12-27)15-4-6-17(7-5-15)25-19-20-24-10-13-28(20)14-18(23)26-19;1-3-16(4-2-14(1)15-5-7-21-8-6-15)24-18-19-22-9-11-26(19)13-17(25-18)20-23-10-12-27-20;1-16(2,3)20-15(19)18-10-8-13(9-11-18)12-4-6-14(17)7-5-12;7-4-3-11-2-1-9-6(11)5(8)10-4;1-4-5-2-3-6-4/h4-7,10-11,14-16,18H,8-9,12-13H2,1-3H3,(H,28,29);4-7,10,13-14,16H,8-9,11-12H2,1-3H3,(H,25,26);1-4,9-13,15,21H,5-8H2,(H,24,25);4-7,13H,8-11,17H2,1-3H3;1-3H;2-3H,1H3. The molecule has 0 saturated carbocycles. The summed E-state index contributed by atoms with van der Waals surface area (Å²) in [7, 11) is 0. The Morgan fingerprint density at radius 1 is 0.391 bits per heavy atom. The van der Waals surface area contributed by atoms with E-state index < -0.39 is 16.8 Å². The molecule has 0 unspecified atom stereocenters. The number of halogens is 3. The average molecular weight is 1980 g/mol. The van der Waals surface area contributed by atoms with Gasteiger partial charge >= 0.3 is 18.3 Å². The summed E-state index contributed by atoms with van der Waals surface area (Å²) in [6.45, 7) is 25.7. The molecule has 0 spiro atoms. The van der Waals surface area contributed by atoms with Crippen molar-refractivity contribution >= 4 is 163 Å². The van der Waals surface area contributed by atoms with Gasteiger partial charge in [-0.3, -0.25) is 4.98 Å². The minimum Gasteiger partial charge on any atom is -0.444 e. The van der Waals surface area contributed by atoms with Crippen molar-refractivity contribution in [3.63, 3.8) is 0 Å². The molecule has 19 rings (SSSR count). The Hall–Kier alpha value is -11.3. The molecule has 0 radical (unpaired) electrons. The van der Waals surface area contributed by atoms with Gasteiger partial charge in [0.2, 0.25) is 0 Å². The van der Waals surface area contributed by atoms with Crippen LogP contribution in [0.1, 0.15) is 165 Å². The maximum absolute atomic E-state index is 12.3. The number of rotatable bonds is 12. The predicted molar refractivity (Wildman–Crippen MR) is 518 cm³/mol. The SMILES string of the molecule is Brc1cn2ccnc2c(Br)n1.CC(C)(C)OC(=O)N1CCC(c2ccc(N)cc2)CC1.CC(C)(C)OC(=O)N1CCC(c2ccc(Nc3nc(-c4nccs4)cn4ccnc34)cc2)CC1.CC(C)(C)OC(=O)N1CCC(c2ccc(Nc3nc(Br)cn4ccnc34)cc2)CC1.Cc1nccs1.c1csc(-c2cn3ccnc3c(Nc3ccc(C4CCNCC4)cc3)n2)n1. The van der Waals surface area contributed by atoms with Gasteiger partial charge in [0.1, 0.15) is 47.4 Å². The molecule has 29 nitrogen and oxygen atoms in total. The van der Waals surface area contributed by atoms with Crippen molar-refractivity contribution in [1.82, 2.24) is 92.4 Å². The van der Waals surface area contributed by atoms with Crippen molar-refractivity contribution in [2.45, 2.75) is 161 Å². The van der Waals surface area contributed by atoms with Gasteiger partial charge in [-0.25, -0.2) is 64.2 Å². The Morgan fingerprint density at radius 3 is 1.03 bits per heavy atom. The summed E-state index contributed by atoms with van der Waals surface area (Å²) in [5.41, 5.74) is 18.2. The molecule has 15 heterocycles. The van der Waals surface area contributed by atoms with Gasteiger partial charge in [0.15, 0.2) is 44.6 Å². The minimum atomic E-state index is -0.465. The monoisotopic (exact) mass is 1970 g/mol. The summed E-state index contributed by atoms with van der Waals surface area (Å²) in [5, 5.41) is 22.4. The summed E-state index contributed by atoms with van der Waals surface area (Å²) < 4.78 is 26.4. The fraction of sp³-hybridized carbons (Fsp3) is 0.355. The first kappa shape index (κ1) is 92.8. The predicted octanol–water partition coefficient (Wildman–Crippen LogP) is 22.2. The number of imidazole rings is 4. The van der Waals surface area contributed by atoms with Gasteiger partial charge in [-0.1, -0.05) is 48.5 Å². The minimum absolute atomic E-state index is 0.201. The fourth-order valence-electron chi connectivity index (χ4n) is 15.1. The number of nitrogens with zero attached hydrogens (tertiary/aromatic N) is 18. The Balaban J connectivity index is 0.000000131. The molecule has 668 valence electrons. The van der Waals surface area contributed by atoms with Crippen LogP contribution < -0.4 is 27.0 Å². The van der Waals surface area contributed by atoms with E-state index in [1.54, 1.807) is 82.3 Å². The zero-order valence-electron chi connectivity index (χ0n) is 73.2. The highest BCUT2D eigenvalue weighted by Crippen LogP contribution is 2.37. The van der Waals surface area contributed by atoms with Crippen LogP contribution in [0.2, 0.25) is 0 Å². The van der Waals surface area contributed by atoms with E-state index in [4.69, 9.17) is 29.9 Å². The van der Waals surface area contributed by atoms with Crippen LogP contribution >= 0.6 is 81.8 Å². The molecular weight excluding hydrogens is 1870 g/mol. The molecule has 128 heavy (non-hydrogen) atoms. The number of nitrogens with two attached hydrogens (primary N) is 1. The van der Waals surface area contributed by atoms with Crippen LogP contribution in [-0.4, -0.2) is 175 Å². The van der Waals surface area contributed by atoms with E-state index in [9.17, 15) is 14.4 Å². The number of thiazole rings is 3. The van der Waals surface area contributed by atoms with Crippen molar-refractivity contribution in [1.29, 1.82) is 0 Å². The zero-order chi connectivity index (χ0) is 90.1. The Bertz CT molecular complexity index is 6090. The average Bonchev–Trinajstić information content (AvgIpc) is 1.66. The summed E-state index contributed by atoms with van der Waals surface area (Å²) in [6.07, 6.45) is 35.1. The van der Waals surface area contributed by atoms with E-state index >= 15 is 0 Å². The molecule has 4 fully saturated rings. The van der Waals surface area contributed by atoms with Crippen LogP contribution in [0.4, 0.5) is 54.6 Å². The lowest BCUT2D eigenvalue weighted by Gasteiger charge is -2.33. The highest BCUT2D eigenvalue weighted by atomic mass is 79.9. The van der Waals surface area contributed by atoms with Gasteiger partial charge in [-0.05, 0) is 276 Å². The zero-order valence-corrected chi connectivity index (χ0v) is 80.4. The van der Waals surface area contributed by atoms with Crippen molar-refractivity contribution in [3.05, 3.63) is 247 Å². The van der Waals surface area contributed by atoms with Crippen molar-refractivity contribution in [2.24, 2.45) is 0 Å². The summed E-state index contributed by atoms with van der Waals surface area (Å²) in [6, 6.07) is 33.7. The molecule has 4 aliphatic heterocycles. The summed E-state index contributed by atoms with van der Waals surface area (Å²) in [5.74, 6) is 4.17. The van der Waals surface area contributed by atoms with E-state index in [2.05, 4.69) is 199 Å².